The molecule has 29 heavy (non-hydrogen) atoms. The third-order valence-corrected chi connectivity index (χ3v) is 6.23. The van der Waals surface area contributed by atoms with Gasteiger partial charge in [0.25, 0.3) is 0 Å². The highest BCUT2D eigenvalue weighted by molar-refractivity contribution is 5.72. The Morgan fingerprint density at radius 1 is 1.31 bits per heavy atom. The number of carbonyl (C=O) groups excluding carboxylic acids is 1. The molecule has 1 saturated heterocycles. The largest absolute Gasteiger partial charge is 0.463 e. The molecule has 4 N–H and O–H groups in total. The molecular weight excluding hydrogens is 376 g/mol. The van der Waals surface area contributed by atoms with Crippen LogP contribution in [0.3, 0.4) is 0 Å². The summed E-state index contributed by atoms with van der Waals surface area (Å²) in [4.78, 5) is 16.4. The van der Waals surface area contributed by atoms with Crippen molar-refractivity contribution in [2.24, 2.45) is 5.92 Å². The lowest BCUT2D eigenvalue weighted by molar-refractivity contribution is -0.157. The van der Waals surface area contributed by atoms with Gasteiger partial charge in [0, 0.05) is 0 Å². The van der Waals surface area contributed by atoms with Crippen molar-refractivity contribution in [1.82, 2.24) is 14.6 Å². The first-order chi connectivity index (χ1) is 13.9. The van der Waals surface area contributed by atoms with Crippen molar-refractivity contribution in [3.8, 4) is 0 Å². The van der Waals surface area contributed by atoms with Crippen molar-refractivity contribution in [1.29, 1.82) is 0 Å². The maximum atomic E-state index is 12.4. The number of aliphatic hydroxyl groups is 2. The molecule has 0 bridgehead atoms. The number of esters is 1. The number of carbonyl (C=O) groups is 1. The number of hydrogen-bond donors (Lipinski definition) is 3. The molecule has 2 fully saturated rings. The van der Waals surface area contributed by atoms with E-state index < -0.39 is 23.9 Å². The molecule has 2 aliphatic rings. The molecular formula is C20H28N4O5. The SMILES string of the molecule is C[C@@]1(c2ccc3c(N)ncnn23)O[C@H](COC(=O)C2CCCCCC2)[C@@H](O)[C@H]1O. The van der Waals surface area contributed by atoms with E-state index in [-0.39, 0.29) is 18.5 Å². The fourth-order valence-corrected chi connectivity index (χ4v) is 4.45. The first-order valence-corrected chi connectivity index (χ1v) is 10.2. The Balaban J connectivity index is 1.48. The Labute approximate surface area is 168 Å². The van der Waals surface area contributed by atoms with Gasteiger partial charge in [-0.3, -0.25) is 4.79 Å². The van der Waals surface area contributed by atoms with Crippen molar-refractivity contribution >= 4 is 17.3 Å². The number of nitrogens with two attached hydrogens (primary N) is 1. The van der Waals surface area contributed by atoms with Crippen molar-refractivity contribution in [3.05, 3.63) is 24.2 Å². The molecule has 158 valence electrons. The molecule has 2 aromatic heterocycles. The van der Waals surface area contributed by atoms with Crippen LogP contribution in [0, 0.1) is 5.92 Å². The third kappa shape index (κ3) is 3.58. The lowest BCUT2D eigenvalue weighted by atomic mass is 9.93. The maximum Gasteiger partial charge on any atom is 0.309 e. The van der Waals surface area contributed by atoms with E-state index in [1.165, 1.54) is 10.8 Å². The zero-order valence-corrected chi connectivity index (χ0v) is 16.5. The molecule has 1 saturated carbocycles. The molecule has 9 nitrogen and oxygen atoms in total. The van der Waals surface area contributed by atoms with Gasteiger partial charge >= 0.3 is 5.97 Å². The zero-order valence-electron chi connectivity index (χ0n) is 16.5. The number of aliphatic hydroxyl groups excluding tert-OH is 2. The fraction of sp³-hybridized carbons (Fsp3) is 0.650. The molecule has 4 atom stereocenters. The predicted octanol–water partition coefficient (Wildman–Crippen LogP) is 1.16. The molecule has 1 aliphatic carbocycles. The van der Waals surface area contributed by atoms with Gasteiger partial charge in [0.1, 0.15) is 42.4 Å². The number of nitrogen functional groups attached to an aromatic ring is 1. The topological polar surface area (TPSA) is 132 Å². The van der Waals surface area contributed by atoms with Gasteiger partial charge in [-0.05, 0) is 31.9 Å². The van der Waals surface area contributed by atoms with Crippen molar-refractivity contribution in [3.63, 3.8) is 0 Å². The van der Waals surface area contributed by atoms with Gasteiger partial charge in [-0.15, -0.1) is 0 Å². The van der Waals surface area contributed by atoms with Crippen LogP contribution in [0.5, 0.6) is 0 Å². The smallest absolute Gasteiger partial charge is 0.309 e. The molecule has 9 heteroatoms. The standard InChI is InChI=1S/C20H28N4O5/c1-20(15-9-8-13-18(21)22-11-23-24(13)15)17(26)16(25)14(29-20)10-28-19(27)12-6-4-2-3-5-7-12/h8-9,11-12,14,16-17,25-26H,2-7,10H2,1H3,(H2,21,22,23)/t14-,16-,17-,20+/m1/s1. The Hall–Kier alpha value is -2.23. The highest BCUT2D eigenvalue weighted by Gasteiger charge is 2.54. The third-order valence-electron chi connectivity index (χ3n) is 6.23. The average molecular weight is 404 g/mol. The van der Waals surface area contributed by atoms with Crippen LogP contribution in [0.4, 0.5) is 5.82 Å². The van der Waals surface area contributed by atoms with E-state index in [2.05, 4.69) is 10.1 Å². The minimum Gasteiger partial charge on any atom is -0.463 e. The van der Waals surface area contributed by atoms with Gasteiger partial charge in [-0.2, -0.15) is 5.10 Å². The van der Waals surface area contributed by atoms with Crippen LogP contribution >= 0.6 is 0 Å². The molecule has 4 rings (SSSR count). The van der Waals surface area contributed by atoms with E-state index in [0.717, 1.165) is 38.5 Å². The number of anilines is 1. The molecule has 0 unspecified atom stereocenters. The average Bonchev–Trinajstić information content (AvgIpc) is 3.10. The van der Waals surface area contributed by atoms with Crippen molar-refractivity contribution in [2.75, 3.05) is 12.3 Å². The summed E-state index contributed by atoms with van der Waals surface area (Å²) in [5, 5.41) is 25.5. The first kappa shape index (κ1) is 20.1. The second kappa shape index (κ2) is 7.89. The van der Waals surface area contributed by atoms with Crippen LogP contribution in [-0.4, -0.2) is 55.7 Å². The number of ether oxygens (including phenoxy) is 2. The molecule has 0 aromatic carbocycles. The minimum atomic E-state index is -1.24. The highest BCUT2D eigenvalue weighted by atomic mass is 16.6. The number of fused-ring (bicyclic) bond motifs is 1. The van der Waals surface area contributed by atoms with Crippen molar-refractivity contribution < 1.29 is 24.5 Å². The summed E-state index contributed by atoms with van der Waals surface area (Å²) in [6.45, 7) is 1.57. The molecule has 0 spiro atoms. The number of hydrogen-bond acceptors (Lipinski definition) is 8. The summed E-state index contributed by atoms with van der Waals surface area (Å²) in [6, 6.07) is 3.47. The van der Waals surface area contributed by atoms with Gasteiger partial charge in [-0.25, -0.2) is 9.50 Å². The molecule has 0 amide bonds. The van der Waals surface area contributed by atoms with E-state index in [0.29, 0.717) is 17.0 Å². The maximum absolute atomic E-state index is 12.4. The summed E-state index contributed by atoms with van der Waals surface area (Å²) in [5.41, 5.74) is 5.75. The lowest BCUT2D eigenvalue weighted by Gasteiger charge is -2.27. The second-order valence-corrected chi connectivity index (χ2v) is 8.18. The van der Waals surface area contributed by atoms with E-state index in [9.17, 15) is 15.0 Å². The number of aromatic nitrogens is 3. The second-order valence-electron chi connectivity index (χ2n) is 8.18. The van der Waals surface area contributed by atoms with E-state index in [4.69, 9.17) is 15.2 Å². The van der Waals surface area contributed by atoms with Crippen LogP contribution in [0.25, 0.3) is 5.52 Å². The van der Waals surface area contributed by atoms with Gasteiger partial charge < -0.3 is 25.4 Å². The van der Waals surface area contributed by atoms with Crippen LogP contribution in [0.2, 0.25) is 0 Å². The fourth-order valence-electron chi connectivity index (χ4n) is 4.45. The van der Waals surface area contributed by atoms with Crippen LogP contribution in [0.15, 0.2) is 18.5 Å². The first-order valence-electron chi connectivity index (χ1n) is 10.2. The van der Waals surface area contributed by atoms with E-state index >= 15 is 0 Å². The summed E-state index contributed by atoms with van der Waals surface area (Å²) in [7, 11) is 0. The Morgan fingerprint density at radius 2 is 2.03 bits per heavy atom. The molecule has 2 aromatic rings. The zero-order chi connectivity index (χ0) is 20.6. The summed E-state index contributed by atoms with van der Waals surface area (Å²) in [6.07, 6.45) is 4.10. The summed E-state index contributed by atoms with van der Waals surface area (Å²) in [5.74, 6) is -0.0437. The van der Waals surface area contributed by atoms with Gasteiger partial charge in [0.05, 0.1) is 11.6 Å². The molecule has 1 aliphatic heterocycles. The van der Waals surface area contributed by atoms with Gasteiger partial charge in [0.2, 0.25) is 0 Å². The van der Waals surface area contributed by atoms with Crippen LogP contribution in [0.1, 0.15) is 51.1 Å². The summed E-state index contributed by atoms with van der Waals surface area (Å²) < 4.78 is 13.0. The summed E-state index contributed by atoms with van der Waals surface area (Å²) >= 11 is 0. The van der Waals surface area contributed by atoms with Gasteiger partial charge in [0.15, 0.2) is 5.82 Å². The van der Waals surface area contributed by atoms with E-state index in [1.54, 1.807) is 19.1 Å². The van der Waals surface area contributed by atoms with Crippen LogP contribution in [-0.2, 0) is 19.9 Å². The Kier molecular flexibility index (Phi) is 5.46. The minimum absolute atomic E-state index is 0.0957. The normalized spacial score (nSPS) is 31.1. The van der Waals surface area contributed by atoms with Crippen molar-refractivity contribution in [2.45, 2.75) is 69.4 Å². The number of nitrogens with zero attached hydrogens (tertiary/aromatic N) is 3. The molecule has 0 radical (unpaired) electrons. The lowest BCUT2D eigenvalue weighted by Crippen LogP contribution is -2.39. The highest BCUT2D eigenvalue weighted by Crippen LogP contribution is 2.40. The Bertz CT molecular complexity index is 879. The van der Waals surface area contributed by atoms with Gasteiger partial charge in [-0.1, -0.05) is 25.7 Å². The Morgan fingerprint density at radius 3 is 2.76 bits per heavy atom. The van der Waals surface area contributed by atoms with Crippen LogP contribution < -0.4 is 5.73 Å². The monoisotopic (exact) mass is 404 g/mol. The quantitative estimate of drug-likeness (QED) is 0.511. The molecule has 3 heterocycles. The number of rotatable bonds is 4. The van der Waals surface area contributed by atoms with E-state index in [1.807, 2.05) is 0 Å². The predicted molar refractivity (Wildman–Crippen MR) is 104 cm³/mol.